The molecule has 0 spiro atoms. The molecular formula is C19H29N5O. The minimum absolute atomic E-state index is 0.110. The maximum absolute atomic E-state index is 10.4. The SMILES string of the molecule is CCNC(=NCc1ccn[nH]1)NCC(O)c1ccc(C(C)(C)C)cc1. The third-order valence-corrected chi connectivity index (χ3v) is 3.93. The van der Waals surface area contributed by atoms with Crippen LogP contribution in [-0.2, 0) is 12.0 Å². The van der Waals surface area contributed by atoms with Crippen molar-refractivity contribution in [3.63, 3.8) is 0 Å². The van der Waals surface area contributed by atoms with Crippen molar-refractivity contribution in [2.24, 2.45) is 4.99 Å². The summed E-state index contributed by atoms with van der Waals surface area (Å²) in [5, 5.41) is 23.6. The van der Waals surface area contributed by atoms with Crippen molar-refractivity contribution in [2.45, 2.75) is 45.8 Å². The third-order valence-electron chi connectivity index (χ3n) is 3.93. The van der Waals surface area contributed by atoms with Crippen LogP contribution in [0.1, 0.15) is 50.6 Å². The molecule has 0 aliphatic carbocycles. The Kier molecular flexibility index (Phi) is 6.58. The van der Waals surface area contributed by atoms with Gasteiger partial charge in [0, 0.05) is 19.3 Å². The molecule has 1 unspecified atom stereocenters. The van der Waals surface area contributed by atoms with E-state index in [1.165, 1.54) is 5.56 Å². The standard InChI is InChI=1S/C19H29N5O/c1-5-20-18(21-12-16-10-11-23-24-16)22-13-17(25)14-6-8-15(9-7-14)19(2,3)4/h6-11,17,25H,5,12-13H2,1-4H3,(H,23,24)(H2,20,21,22). The Morgan fingerprint density at radius 3 is 2.48 bits per heavy atom. The molecule has 1 heterocycles. The summed E-state index contributed by atoms with van der Waals surface area (Å²) in [6, 6.07) is 10.0. The van der Waals surface area contributed by atoms with Gasteiger partial charge in [0.25, 0.3) is 0 Å². The molecule has 0 amide bonds. The van der Waals surface area contributed by atoms with E-state index in [-0.39, 0.29) is 5.41 Å². The number of aromatic amines is 1. The fourth-order valence-corrected chi connectivity index (χ4v) is 2.40. The highest BCUT2D eigenvalue weighted by atomic mass is 16.3. The van der Waals surface area contributed by atoms with E-state index in [9.17, 15) is 5.11 Å². The molecule has 0 saturated heterocycles. The topological polar surface area (TPSA) is 85.3 Å². The number of aromatic nitrogens is 2. The van der Waals surface area contributed by atoms with Gasteiger partial charge in [-0.3, -0.25) is 5.10 Å². The predicted octanol–water partition coefficient (Wildman–Crippen LogP) is 2.50. The number of guanidine groups is 1. The van der Waals surface area contributed by atoms with Crippen LogP contribution in [-0.4, -0.2) is 34.4 Å². The first-order valence-electron chi connectivity index (χ1n) is 8.69. The van der Waals surface area contributed by atoms with Crippen molar-refractivity contribution in [1.29, 1.82) is 0 Å². The zero-order valence-electron chi connectivity index (χ0n) is 15.5. The van der Waals surface area contributed by atoms with Crippen molar-refractivity contribution in [3.05, 3.63) is 53.3 Å². The molecule has 25 heavy (non-hydrogen) atoms. The van der Waals surface area contributed by atoms with Crippen LogP contribution in [0.15, 0.2) is 41.5 Å². The summed E-state index contributed by atoms with van der Waals surface area (Å²) in [6.45, 7) is 10.2. The molecule has 1 aromatic heterocycles. The summed E-state index contributed by atoms with van der Waals surface area (Å²) in [5.41, 5.74) is 3.20. The van der Waals surface area contributed by atoms with Crippen LogP contribution in [0.2, 0.25) is 0 Å². The minimum Gasteiger partial charge on any atom is -0.387 e. The van der Waals surface area contributed by atoms with E-state index in [1.807, 2.05) is 25.1 Å². The number of benzene rings is 1. The van der Waals surface area contributed by atoms with Gasteiger partial charge < -0.3 is 15.7 Å². The van der Waals surface area contributed by atoms with E-state index >= 15 is 0 Å². The number of hydrogen-bond acceptors (Lipinski definition) is 3. The first-order chi connectivity index (χ1) is 11.9. The highest BCUT2D eigenvalue weighted by Gasteiger charge is 2.14. The zero-order valence-corrected chi connectivity index (χ0v) is 15.5. The van der Waals surface area contributed by atoms with Gasteiger partial charge in [-0.05, 0) is 29.5 Å². The molecule has 136 valence electrons. The molecule has 0 saturated carbocycles. The van der Waals surface area contributed by atoms with Gasteiger partial charge in [0.2, 0.25) is 0 Å². The number of aliphatic hydroxyl groups excluding tert-OH is 1. The van der Waals surface area contributed by atoms with Crippen LogP contribution < -0.4 is 10.6 Å². The van der Waals surface area contributed by atoms with Gasteiger partial charge in [0.15, 0.2) is 5.96 Å². The van der Waals surface area contributed by atoms with Gasteiger partial charge in [0.05, 0.1) is 18.3 Å². The second-order valence-electron chi connectivity index (χ2n) is 7.05. The molecule has 1 aromatic carbocycles. The van der Waals surface area contributed by atoms with Gasteiger partial charge in [-0.1, -0.05) is 45.0 Å². The Balaban J connectivity index is 1.93. The smallest absolute Gasteiger partial charge is 0.191 e. The van der Waals surface area contributed by atoms with Crippen LogP contribution in [0, 0.1) is 0 Å². The van der Waals surface area contributed by atoms with E-state index in [2.05, 4.69) is 58.7 Å². The quantitative estimate of drug-likeness (QED) is 0.479. The largest absolute Gasteiger partial charge is 0.387 e. The molecule has 6 nitrogen and oxygen atoms in total. The maximum atomic E-state index is 10.4. The Morgan fingerprint density at radius 2 is 1.92 bits per heavy atom. The fraction of sp³-hybridized carbons (Fsp3) is 0.474. The van der Waals surface area contributed by atoms with Crippen LogP contribution in [0.4, 0.5) is 0 Å². The lowest BCUT2D eigenvalue weighted by Crippen LogP contribution is -2.39. The molecular weight excluding hydrogens is 314 g/mol. The van der Waals surface area contributed by atoms with Gasteiger partial charge in [-0.2, -0.15) is 5.10 Å². The Labute approximate surface area is 149 Å². The summed E-state index contributed by atoms with van der Waals surface area (Å²) >= 11 is 0. The first-order valence-corrected chi connectivity index (χ1v) is 8.69. The lowest BCUT2D eigenvalue weighted by molar-refractivity contribution is 0.181. The second kappa shape index (κ2) is 8.67. The number of nitrogens with zero attached hydrogens (tertiary/aromatic N) is 2. The fourth-order valence-electron chi connectivity index (χ4n) is 2.40. The van der Waals surface area contributed by atoms with Gasteiger partial charge >= 0.3 is 0 Å². The monoisotopic (exact) mass is 343 g/mol. The normalized spacial score (nSPS) is 13.6. The molecule has 2 aromatic rings. The lowest BCUT2D eigenvalue weighted by Gasteiger charge is -2.20. The summed E-state index contributed by atoms with van der Waals surface area (Å²) in [4.78, 5) is 4.48. The molecule has 6 heteroatoms. The molecule has 0 fully saturated rings. The van der Waals surface area contributed by atoms with E-state index in [4.69, 9.17) is 0 Å². The van der Waals surface area contributed by atoms with E-state index < -0.39 is 6.10 Å². The van der Waals surface area contributed by atoms with Crippen molar-refractivity contribution in [2.75, 3.05) is 13.1 Å². The number of H-pyrrole nitrogens is 1. The van der Waals surface area contributed by atoms with Crippen molar-refractivity contribution in [3.8, 4) is 0 Å². The average Bonchev–Trinajstić information content (AvgIpc) is 3.10. The summed E-state index contributed by atoms with van der Waals surface area (Å²) < 4.78 is 0. The summed E-state index contributed by atoms with van der Waals surface area (Å²) in [5.74, 6) is 0.669. The van der Waals surface area contributed by atoms with Gasteiger partial charge in [0.1, 0.15) is 0 Å². The van der Waals surface area contributed by atoms with Crippen LogP contribution in [0.25, 0.3) is 0 Å². The minimum atomic E-state index is -0.593. The van der Waals surface area contributed by atoms with Gasteiger partial charge in [-0.15, -0.1) is 0 Å². The van der Waals surface area contributed by atoms with Crippen molar-refractivity contribution >= 4 is 5.96 Å². The predicted molar refractivity (Wildman–Crippen MR) is 102 cm³/mol. The number of aliphatic imine (C=N–C) groups is 1. The third kappa shape index (κ3) is 5.90. The number of rotatable bonds is 6. The Morgan fingerprint density at radius 1 is 1.20 bits per heavy atom. The summed E-state index contributed by atoms with van der Waals surface area (Å²) in [6.07, 6.45) is 1.11. The molecule has 4 N–H and O–H groups in total. The number of nitrogens with one attached hydrogen (secondary N) is 3. The highest BCUT2D eigenvalue weighted by Crippen LogP contribution is 2.23. The van der Waals surface area contributed by atoms with E-state index in [0.717, 1.165) is 17.8 Å². The Bertz CT molecular complexity index is 656. The van der Waals surface area contributed by atoms with Crippen LogP contribution in [0.5, 0.6) is 0 Å². The maximum Gasteiger partial charge on any atom is 0.191 e. The van der Waals surface area contributed by atoms with Crippen molar-refractivity contribution < 1.29 is 5.11 Å². The van der Waals surface area contributed by atoms with Crippen LogP contribution in [0.3, 0.4) is 0 Å². The number of aliphatic hydroxyl groups is 1. The zero-order chi connectivity index (χ0) is 18.3. The lowest BCUT2D eigenvalue weighted by atomic mass is 9.86. The molecule has 0 aliphatic heterocycles. The molecule has 1 atom stereocenters. The average molecular weight is 343 g/mol. The summed E-state index contributed by atoms with van der Waals surface area (Å²) in [7, 11) is 0. The van der Waals surface area contributed by atoms with E-state index in [1.54, 1.807) is 6.20 Å². The van der Waals surface area contributed by atoms with Crippen LogP contribution >= 0.6 is 0 Å². The molecule has 0 aliphatic rings. The highest BCUT2D eigenvalue weighted by molar-refractivity contribution is 5.79. The Hall–Kier alpha value is -2.34. The number of hydrogen-bond donors (Lipinski definition) is 4. The van der Waals surface area contributed by atoms with E-state index in [0.29, 0.717) is 19.0 Å². The van der Waals surface area contributed by atoms with Gasteiger partial charge in [-0.25, -0.2) is 4.99 Å². The van der Waals surface area contributed by atoms with Crippen molar-refractivity contribution in [1.82, 2.24) is 20.8 Å². The first kappa shape index (κ1) is 19.0. The molecule has 2 rings (SSSR count). The second-order valence-corrected chi connectivity index (χ2v) is 7.05. The molecule has 0 bridgehead atoms. The molecule has 0 radical (unpaired) electrons.